The van der Waals surface area contributed by atoms with E-state index in [1.54, 1.807) is 0 Å². The lowest BCUT2D eigenvalue weighted by Gasteiger charge is -2.16. The summed E-state index contributed by atoms with van der Waals surface area (Å²) in [6.07, 6.45) is 4.46. The molecule has 4 heteroatoms. The molecule has 0 bridgehead atoms. The average Bonchev–Trinajstić information content (AvgIpc) is 3.12. The topological polar surface area (TPSA) is 66.4 Å². The van der Waals surface area contributed by atoms with Gasteiger partial charge < -0.3 is 10.4 Å². The Bertz CT molecular complexity index is 734. The number of rotatable bonds is 6. The Balaban J connectivity index is 1.64. The van der Waals surface area contributed by atoms with Gasteiger partial charge >= 0.3 is 5.97 Å². The second-order valence-electron chi connectivity index (χ2n) is 6.65. The van der Waals surface area contributed by atoms with Crippen LogP contribution in [0.5, 0.6) is 0 Å². The Morgan fingerprint density at radius 1 is 1.08 bits per heavy atom. The van der Waals surface area contributed by atoms with Crippen molar-refractivity contribution < 1.29 is 14.7 Å². The van der Waals surface area contributed by atoms with Gasteiger partial charge in [-0.15, -0.1) is 0 Å². The molecule has 1 saturated carbocycles. The van der Waals surface area contributed by atoms with Gasteiger partial charge in [-0.2, -0.15) is 0 Å². The number of fused-ring (bicyclic) bond motifs is 1. The van der Waals surface area contributed by atoms with E-state index >= 15 is 0 Å². The number of nitrogens with one attached hydrogen (secondary N) is 1. The lowest BCUT2D eigenvalue weighted by atomic mass is 9.96. The first-order valence-electron chi connectivity index (χ1n) is 8.61. The SMILES string of the molecule is O=C(O)C(CNC(=O)C1CCCC1)Cc1ccc2ccccc2c1. The lowest BCUT2D eigenvalue weighted by molar-refractivity contribution is -0.141. The summed E-state index contributed by atoms with van der Waals surface area (Å²) in [5, 5.41) is 14.6. The highest BCUT2D eigenvalue weighted by Crippen LogP contribution is 2.24. The highest BCUT2D eigenvalue weighted by molar-refractivity contribution is 5.83. The zero-order chi connectivity index (χ0) is 16.9. The molecular weight excluding hydrogens is 302 g/mol. The summed E-state index contributed by atoms with van der Waals surface area (Å²) >= 11 is 0. The molecule has 0 spiro atoms. The summed E-state index contributed by atoms with van der Waals surface area (Å²) in [4.78, 5) is 23.6. The number of hydrogen-bond donors (Lipinski definition) is 2. The predicted molar refractivity (Wildman–Crippen MR) is 93.7 cm³/mol. The minimum atomic E-state index is -0.866. The molecule has 0 radical (unpaired) electrons. The van der Waals surface area contributed by atoms with E-state index in [1.165, 1.54) is 0 Å². The van der Waals surface area contributed by atoms with E-state index in [0.29, 0.717) is 6.42 Å². The Morgan fingerprint density at radius 2 is 1.79 bits per heavy atom. The van der Waals surface area contributed by atoms with Gasteiger partial charge in [0.05, 0.1) is 5.92 Å². The third-order valence-electron chi connectivity index (χ3n) is 4.89. The first kappa shape index (κ1) is 16.5. The van der Waals surface area contributed by atoms with E-state index in [0.717, 1.165) is 42.0 Å². The fourth-order valence-corrected chi connectivity index (χ4v) is 3.45. The molecule has 0 heterocycles. The van der Waals surface area contributed by atoms with Gasteiger partial charge in [0.2, 0.25) is 5.91 Å². The molecule has 1 amide bonds. The number of carbonyl (C=O) groups is 2. The normalized spacial score (nSPS) is 16.2. The standard InChI is InChI=1S/C20H23NO3/c22-19(16-6-2-3-7-16)21-13-18(20(23)24)12-14-9-10-15-5-1-4-8-17(15)11-14/h1,4-5,8-11,16,18H,2-3,6-7,12-13H2,(H,21,22)(H,23,24). The van der Waals surface area contributed by atoms with Gasteiger partial charge in [0.1, 0.15) is 0 Å². The summed E-state index contributed by atoms with van der Waals surface area (Å²) < 4.78 is 0. The maximum absolute atomic E-state index is 12.1. The van der Waals surface area contributed by atoms with Gasteiger partial charge in [-0.05, 0) is 35.6 Å². The largest absolute Gasteiger partial charge is 0.481 e. The number of hydrogen-bond acceptors (Lipinski definition) is 2. The molecule has 0 aliphatic heterocycles. The number of carboxylic acids is 1. The van der Waals surface area contributed by atoms with Crippen LogP contribution in [-0.2, 0) is 16.0 Å². The van der Waals surface area contributed by atoms with Gasteiger partial charge in [0.25, 0.3) is 0 Å². The van der Waals surface area contributed by atoms with Gasteiger partial charge in [0, 0.05) is 12.5 Å². The van der Waals surface area contributed by atoms with Gasteiger partial charge in [-0.3, -0.25) is 9.59 Å². The molecule has 4 nitrogen and oxygen atoms in total. The maximum Gasteiger partial charge on any atom is 0.308 e. The third kappa shape index (κ3) is 3.94. The monoisotopic (exact) mass is 325 g/mol. The number of aliphatic carboxylic acids is 1. The van der Waals surface area contributed by atoms with Gasteiger partial charge in [0.15, 0.2) is 0 Å². The maximum atomic E-state index is 12.1. The second kappa shape index (κ2) is 7.47. The molecule has 3 rings (SSSR count). The van der Waals surface area contributed by atoms with Crippen molar-refractivity contribution in [3.8, 4) is 0 Å². The molecule has 1 aliphatic carbocycles. The van der Waals surface area contributed by atoms with Crippen LogP contribution in [0.3, 0.4) is 0 Å². The number of carboxylic acid groups (broad SMARTS) is 1. The van der Waals surface area contributed by atoms with Crippen molar-refractivity contribution in [1.29, 1.82) is 0 Å². The number of benzene rings is 2. The van der Waals surface area contributed by atoms with Crippen molar-refractivity contribution in [1.82, 2.24) is 5.32 Å². The molecule has 2 N–H and O–H groups in total. The number of amides is 1. The van der Waals surface area contributed by atoms with Crippen molar-refractivity contribution in [2.24, 2.45) is 11.8 Å². The first-order valence-corrected chi connectivity index (χ1v) is 8.61. The van der Waals surface area contributed by atoms with Crippen LogP contribution in [0.15, 0.2) is 42.5 Å². The Morgan fingerprint density at radius 3 is 2.50 bits per heavy atom. The summed E-state index contributed by atoms with van der Waals surface area (Å²) in [5.41, 5.74) is 0.983. The van der Waals surface area contributed by atoms with E-state index in [9.17, 15) is 14.7 Å². The quantitative estimate of drug-likeness (QED) is 0.855. The second-order valence-corrected chi connectivity index (χ2v) is 6.65. The zero-order valence-corrected chi connectivity index (χ0v) is 13.7. The van der Waals surface area contributed by atoms with Crippen LogP contribution in [0, 0.1) is 11.8 Å². The van der Waals surface area contributed by atoms with Crippen molar-refractivity contribution >= 4 is 22.6 Å². The summed E-state index contributed by atoms with van der Waals surface area (Å²) in [6, 6.07) is 14.0. The molecule has 1 fully saturated rings. The van der Waals surface area contributed by atoms with Crippen molar-refractivity contribution in [2.75, 3.05) is 6.54 Å². The highest BCUT2D eigenvalue weighted by Gasteiger charge is 2.25. The van der Waals surface area contributed by atoms with Gasteiger partial charge in [-0.1, -0.05) is 55.3 Å². The van der Waals surface area contributed by atoms with Crippen LogP contribution < -0.4 is 5.32 Å². The molecule has 2 aromatic carbocycles. The first-order chi connectivity index (χ1) is 11.6. The van der Waals surface area contributed by atoms with E-state index < -0.39 is 11.9 Å². The van der Waals surface area contributed by atoms with E-state index in [-0.39, 0.29) is 18.4 Å². The molecule has 2 aromatic rings. The molecule has 1 aliphatic rings. The van der Waals surface area contributed by atoms with Crippen molar-refractivity contribution in [3.05, 3.63) is 48.0 Å². The van der Waals surface area contributed by atoms with Crippen LogP contribution in [0.4, 0.5) is 0 Å². The summed E-state index contributed by atoms with van der Waals surface area (Å²) in [7, 11) is 0. The van der Waals surface area contributed by atoms with E-state index in [2.05, 4.69) is 5.32 Å². The minimum absolute atomic E-state index is 0.0114. The molecular formula is C20H23NO3. The van der Waals surface area contributed by atoms with E-state index in [4.69, 9.17) is 0 Å². The molecule has 126 valence electrons. The summed E-state index contributed by atoms with van der Waals surface area (Å²) in [5.74, 6) is -1.39. The Labute approximate surface area is 141 Å². The van der Waals surface area contributed by atoms with Crippen LogP contribution in [0.25, 0.3) is 10.8 Å². The highest BCUT2D eigenvalue weighted by atomic mass is 16.4. The van der Waals surface area contributed by atoms with Crippen LogP contribution in [0.1, 0.15) is 31.2 Å². The Kier molecular flexibility index (Phi) is 5.14. The zero-order valence-electron chi connectivity index (χ0n) is 13.7. The smallest absolute Gasteiger partial charge is 0.308 e. The third-order valence-corrected chi connectivity index (χ3v) is 4.89. The van der Waals surface area contributed by atoms with Crippen molar-refractivity contribution in [3.63, 3.8) is 0 Å². The molecule has 1 unspecified atom stereocenters. The fourth-order valence-electron chi connectivity index (χ4n) is 3.45. The predicted octanol–water partition coefficient (Wildman–Crippen LogP) is 3.39. The van der Waals surface area contributed by atoms with Crippen LogP contribution in [-0.4, -0.2) is 23.5 Å². The van der Waals surface area contributed by atoms with E-state index in [1.807, 2.05) is 42.5 Å². The van der Waals surface area contributed by atoms with Gasteiger partial charge in [-0.25, -0.2) is 0 Å². The molecule has 0 saturated heterocycles. The number of carbonyl (C=O) groups excluding carboxylic acids is 1. The van der Waals surface area contributed by atoms with Crippen LogP contribution >= 0.6 is 0 Å². The Hall–Kier alpha value is -2.36. The van der Waals surface area contributed by atoms with Crippen LogP contribution in [0.2, 0.25) is 0 Å². The minimum Gasteiger partial charge on any atom is -0.481 e. The molecule has 1 atom stereocenters. The van der Waals surface area contributed by atoms with Crippen molar-refractivity contribution in [2.45, 2.75) is 32.1 Å². The lowest BCUT2D eigenvalue weighted by Crippen LogP contribution is -2.36. The molecule has 24 heavy (non-hydrogen) atoms. The molecule has 0 aromatic heterocycles. The fraction of sp³-hybridized carbons (Fsp3) is 0.400. The average molecular weight is 325 g/mol. The summed E-state index contributed by atoms with van der Waals surface area (Å²) in [6.45, 7) is 0.192.